The zero-order valence-electron chi connectivity index (χ0n) is 14.8. The lowest BCUT2D eigenvalue weighted by molar-refractivity contribution is 0.0950. The summed E-state index contributed by atoms with van der Waals surface area (Å²) in [6, 6.07) is 16.5. The molecule has 7 heteroatoms. The lowest BCUT2D eigenvalue weighted by Crippen LogP contribution is -2.18. The van der Waals surface area contributed by atoms with Crippen molar-refractivity contribution < 1.29 is 9.53 Å². The number of ether oxygens (including phenoxy) is 1. The number of halogens is 1. The van der Waals surface area contributed by atoms with Crippen molar-refractivity contribution in [3.8, 4) is 17.0 Å². The Balaban J connectivity index is 1.63. The SMILES string of the molecule is CCCOc1ccc(-c2cc(C(=O)NN=Cc3ccccc3Cl)[nH]n2)cc1. The number of hydrogen-bond donors (Lipinski definition) is 2. The van der Waals surface area contributed by atoms with Crippen LogP contribution in [0.4, 0.5) is 0 Å². The maximum absolute atomic E-state index is 12.2. The molecule has 0 fully saturated rings. The number of carbonyl (C=O) groups is 1. The molecule has 0 bridgehead atoms. The minimum absolute atomic E-state index is 0.313. The van der Waals surface area contributed by atoms with Crippen LogP contribution in [-0.2, 0) is 0 Å². The molecule has 0 aliphatic heterocycles. The maximum Gasteiger partial charge on any atom is 0.289 e. The van der Waals surface area contributed by atoms with Crippen molar-refractivity contribution in [2.24, 2.45) is 5.10 Å². The lowest BCUT2D eigenvalue weighted by Gasteiger charge is -2.04. The number of carbonyl (C=O) groups excluding carboxylic acids is 1. The quantitative estimate of drug-likeness (QED) is 0.472. The highest BCUT2D eigenvalue weighted by Crippen LogP contribution is 2.21. The predicted molar refractivity (Wildman–Crippen MR) is 106 cm³/mol. The lowest BCUT2D eigenvalue weighted by atomic mass is 10.1. The summed E-state index contributed by atoms with van der Waals surface area (Å²) in [5.41, 5.74) is 5.03. The van der Waals surface area contributed by atoms with Gasteiger partial charge in [0.25, 0.3) is 5.91 Å². The molecule has 0 atom stereocenters. The summed E-state index contributed by atoms with van der Waals surface area (Å²) in [4.78, 5) is 12.2. The highest BCUT2D eigenvalue weighted by atomic mass is 35.5. The van der Waals surface area contributed by atoms with Crippen LogP contribution >= 0.6 is 11.6 Å². The third-order valence-corrected chi connectivity index (χ3v) is 4.06. The zero-order valence-corrected chi connectivity index (χ0v) is 15.5. The van der Waals surface area contributed by atoms with E-state index in [2.05, 4.69) is 27.6 Å². The van der Waals surface area contributed by atoms with Crippen LogP contribution in [0, 0.1) is 0 Å². The van der Waals surface area contributed by atoms with Crippen LogP contribution in [0.15, 0.2) is 59.7 Å². The Labute approximate surface area is 162 Å². The fourth-order valence-corrected chi connectivity index (χ4v) is 2.51. The highest BCUT2D eigenvalue weighted by molar-refractivity contribution is 6.33. The van der Waals surface area contributed by atoms with Crippen LogP contribution in [0.1, 0.15) is 29.4 Å². The number of nitrogens with zero attached hydrogens (tertiary/aromatic N) is 2. The first kappa shape index (κ1) is 18.7. The Morgan fingerprint density at radius 1 is 1.26 bits per heavy atom. The summed E-state index contributed by atoms with van der Waals surface area (Å²) in [6.07, 6.45) is 2.45. The largest absolute Gasteiger partial charge is 0.494 e. The van der Waals surface area contributed by atoms with Gasteiger partial charge in [-0.2, -0.15) is 10.2 Å². The number of rotatable bonds is 7. The fraction of sp³-hybridized carbons (Fsp3) is 0.150. The molecule has 1 aromatic heterocycles. The molecule has 3 aromatic rings. The molecule has 0 radical (unpaired) electrons. The Morgan fingerprint density at radius 3 is 2.78 bits per heavy atom. The van der Waals surface area contributed by atoms with Crippen LogP contribution in [0.2, 0.25) is 5.02 Å². The van der Waals surface area contributed by atoms with Crippen molar-refractivity contribution in [3.05, 3.63) is 70.9 Å². The van der Waals surface area contributed by atoms with Crippen LogP contribution in [0.3, 0.4) is 0 Å². The van der Waals surface area contributed by atoms with Gasteiger partial charge in [-0.15, -0.1) is 0 Å². The van der Waals surface area contributed by atoms with Crippen LogP contribution in [-0.4, -0.2) is 28.9 Å². The molecule has 2 N–H and O–H groups in total. The van der Waals surface area contributed by atoms with Gasteiger partial charge < -0.3 is 4.74 Å². The molecular formula is C20H19ClN4O2. The van der Waals surface area contributed by atoms with Gasteiger partial charge in [0.15, 0.2) is 0 Å². The van der Waals surface area contributed by atoms with E-state index in [4.69, 9.17) is 16.3 Å². The standard InChI is InChI=1S/C20H19ClN4O2/c1-2-11-27-16-9-7-14(8-10-16)18-12-19(24-23-18)20(26)25-22-13-15-5-3-4-6-17(15)21/h3-10,12-13H,2,11H2,1H3,(H,23,24)(H,25,26). The number of benzene rings is 2. The van der Waals surface area contributed by atoms with Gasteiger partial charge in [-0.3, -0.25) is 9.89 Å². The van der Waals surface area contributed by atoms with Crippen molar-refractivity contribution in [1.29, 1.82) is 0 Å². The number of amides is 1. The van der Waals surface area contributed by atoms with Gasteiger partial charge in [0.1, 0.15) is 11.4 Å². The molecule has 138 valence electrons. The van der Waals surface area contributed by atoms with E-state index in [9.17, 15) is 4.79 Å². The molecule has 1 amide bonds. The van der Waals surface area contributed by atoms with Crippen molar-refractivity contribution in [1.82, 2.24) is 15.6 Å². The second-order valence-corrected chi connectivity index (χ2v) is 6.17. The number of aromatic amines is 1. The van der Waals surface area contributed by atoms with E-state index < -0.39 is 0 Å². The van der Waals surface area contributed by atoms with E-state index >= 15 is 0 Å². The van der Waals surface area contributed by atoms with Crippen LogP contribution < -0.4 is 10.2 Å². The van der Waals surface area contributed by atoms with Gasteiger partial charge in [0.2, 0.25) is 0 Å². The average molecular weight is 383 g/mol. The minimum Gasteiger partial charge on any atom is -0.494 e. The molecule has 27 heavy (non-hydrogen) atoms. The summed E-state index contributed by atoms with van der Waals surface area (Å²) >= 11 is 6.04. The molecule has 0 aliphatic carbocycles. The van der Waals surface area contributed by atoms with Crippen molar-refractivity contribution in [2.75, 3.05) is 6.61 Å². The number of hydrogen-bond acceptors (Lipinski definition) is 4. The van der Waals surface area contributed by atoms with Gasteiger partial charge in [-0.25, -0.2) is 5.43 Å². The Morgan fingerprint density at radius 2 is 2.04 bits per heavy atom. The van der Waals surface area contributed by atoms with Crippen LogP contribution in [0.5, 0.6) is 5.75 Å². The van der Waals surface area contributed by atoms with Crippen molar-refractivity contribution >= 4 is 23.7 Å². The zero-order chi connectivity index (χ0) is 19.1. The second-order valence-electron chi connectivity index (χ2n) is 5.76. The van der Waals surface area contributed by atoms with Gasteiger partial charge in [0.05, 0.1) is 18.5 Å². The summed E-state index contributed by atoms with van der Waals surface area (Å²) in [5.74, 6) is 0.419. The van der Waals surface area contributed by atoms with Crippen molar-refractivity contribution in [2.45, 2.75) is 13.3 Å². The molecule has 3 rings (SSSR count). The summed E-state index contributed by atoms with van der Waals surface area (Å²) < 4.78 is 5.56. The van der Waals surface area contributed by atoms with E-state index in [1.54, 1.807) is 18.2 Å². The summed E-state index contributed by atoms with van der Waals surface area (Å²) in [6.45, 7) is 2.74. The average Bonchev–Trinajstić information content (AvgIpc) is 3.18. The van der Waals surface area contributed by atoms with Gasteiger partial charge in [-0.05, 0) is 42.8 Å². The number of hydrazone groups is 1. The fourth-order valence-electron chi connectivity index (χ4n) is 2.33. The van der Waals surface area contributed by atoms with E-state index in [1.807, 2.05) is 36.4 Å². The predicted octanol–water partition coefficient (Wildman–Crippen LogP) is 4.28. The third-order valence-electron chi connectivity index (χ3n) is 3.72. The molecule has 0 saturated carbocycles. The van der Waals surface area contributed by atoms with E-state index in [0.29, 0.717) is 23.0 Å². The molecule has 0 spiro atoms. The molecular weight excluding hydrogens is 364 g/mol. The molecule has 0 unspecified atom stereocenters. The Kier molecular flexibility index (Phi) is 6.22. The molecule has 1 heterocycles. The first-order valence-corrected chi connectivity index (χ1v) is 8.91. The van der Waals surface area contributed by atoms with Crippen LogP contribution in [0.25, 0.3) is 11.3 Å². The molecule has 6 nitrogen and oxygen atoms in total. The van der Waals surface area contributed by atoms with Gasteiger partial charge in [0, 0.05) is 16.1 Å². The number of H-pyrrole nitrogens is 1. The van der Waals surface area contributed by atoms with E-state index in [0.717, 1.165) is 23.3 Å². The summed E-state index contributed by atoms with van der Waals surface area (Å²) in [5, 5.41) is 11.4. The smallest absolute Gasteiger partial charge is 0.289 e. The molecule has 2 aromatic carbocycles. The Hall–Kier alpha value is -3.12. The van der Waals surface area contributed by atoms with E-state index in [-0.39, 0.29) is 5.91 Å². The topological polar surface area (TPSA) is 79.4 Å². The normalized spacial score (nSPS) is 10.9. The summed E-state index contributed by atoms with van der Waals surface area (Å²) in [7, 11) is 0. The monoisotopic (exact) mass is 382 g/mol. The van der Waals surface area contributed by atoms with Crippen molar-refractivity contribution in [3.63, 3.8) is 0 Å². The third kappa shape index (κ3) is 4.95. The first-order chi connectivity index (χ1) is 13.2. The number of aromatic nitrogens is 2. The Bertz CT molecular complexity index is 935. The van der Waals surface area contributed by atoms with Gasteiger partial charge in [-0.1, -0.05) is 36.7 Å². The maximum atomic E-state index is 12.2. The minimum atomic E-state index is -0.389. The molecule has 0 saturated heterocycles. The highest BCUT2D eigenvalue weighted by Gasteiger charge is 2.10. The van der Waals surface area contributed by atoms with Gasteiger partial charge >= 0.3 is 0 Å². The molecule has 0 aliphatic rings. The number of nitrogens with one attached hydrogen (secondary N) is 2. The first-order valence-electron chi connectivity index (χ1n) is 8.54. The van der Waals surface area contributed by atoms with E-state index in [1.165, 1.54) is 6.21 Å². The second kappa shape index (κ2) is 9.00.